The highest BCUT2D eigenvalue weighted by Crippen LogP contribution is 2.15. The van der Waals surface area contributed by atoms with Crippen molar-refractivity contribution in [3.05, 3.63) is 42.2 Å². The molecule has 0 aromatic heterocycles. The molecule has 0 spiro atoms. The Kier molecular flexibility index (Phi) is 3.85. The number of rotatable bonds is 3. The van der Waals surface area contributed by atoms with Gasteiger partial charge in [0.1, 0.15) is 6.33 Å². The van der Waals surface area contributed by atoms with Crippen molar-refractivity contribution in [2.45, 2.75) is 6.92 Å². The molecule has 0 bridgehead atoms. The molecule has 3 heteroatoms. The maximum absolute atomic E-state index is 12.5. The number of hydrogen-bond acceptors (Lipinski definition) is 2. The summed E-state index contributed by atoms with van der Waals surface area (Å²) in [6, 6.07) is 8.57. The zero-order chi connectivity index (χ0) is 10.4. The van der Waals surface area contributed by atoms with Crippen LogP contribution < -0.4 is 0 Å². The first kappa shape index (κ1) is 10.4. The van der Waals surface area contributed by atoms with Crippen LogP contribution in [-0.2, 0) is 9.53 Å². The number of carbonyl (C=O) groups excluding carboxylic acids is 1. The molecule has 0 aliphatic heterocycles. The summed E-state index contributed by atoms with van der Waals surface area (Å²) in [5, 5.41) is 0. The summed E-state index contributed by atoms with van der Waals surface area (Å²) in [6.07, 6.45) is 0.271. The Bertz CT molecular complexity index is 330. The third-order valence-electron chi connectivity index (χ3n) is 1.69. The standard InChI is InChI=1S/C11H11FO2/c1-2-14-11(13)10(8-12)9-6-4-3-5-7-9/h3-8H,2H2,1H3/b10-8+. The van der Waals surface area contributed by atoms with Crippen molar-refractivity contribution in [3.63, 3.8) is 0 Å². The van der Waals surface area contributed by atoms with Crippen LogP contribution in [0.5, 0.6) is 0 Å². The summed E-state index contributed by atoms with van der Waals surface area (Å²) in [4.78, 5) is 11.2. The topological polar surface area (TPSA) is 26.3 Å². The molecule has 0 heterocycles. The van der Waals surface area contributed by atoms with E-state index in [1.807, 2.05) is 0 Å². The Hall–Kier alpha value is -1.64. The molecule has 0 saturated heterocycles. The fourth-order valence-electron chi connectivity index (χ4n) is 1.05. The molecule has 0 radical (unpaired) electrons. The van der Waals surface area contributed by atoms with Gasteiger partial charge in [0.25, 0.3) is 0 Å². The quantitative estimate of drug-likeness (QED) is 0.546. The largest absolute Gasteiger partial charge is 0.462 e. The van der Waals surface area contributed by atoms with Crippen molar-refractivity contribution < 1.29 is 13.9 Å². The van der Waals surface area contributed by atoms with Crippen LogP contribution in [0.1, 0.15) is 12.5 Å². The smallest absolute Gasteiger partial charge is 0.341 e. The molecule has 1 aromatic carbocycles. The van der Waals surface area contributed by atoms with Crippen LogP contribution in [0.15, 0.2) is 36.7 Å². The predicted molar refractivity (Wildman–Crippen MR) is 52.2 cm³/mol. The summed E-state index contributed by atoms with van der Waals surface area (Å²) in [7, 11) is 0. The molecule has 0 N–H and O–H groups in total. The van der Waals surface area contributed by atoms with Crippen LogP contribution in [0, 0.1) is 0 Å². The van der Waals surface area contributed by atoms with Crippen LogP contribution >= 0.6 is 0 Å². The number of esters is 1. The van der Waals surface area contributed by atoms with E-state index in [1.54, 1.807) is 37.3 Å². The lowest BCUT2D eigenvalue weighted by atomic mass is 10.1. The van der Waals surface area contributed by atoms with Crippen molar-refractivity contribution in [1.29, 1.82) is 0 Å². The van der Waals surface area contributed by atoms with E-state index in [1.165, 1.54) is 0 Å². The molecule has 0 amide bonds. The van der Waals surface area contributed by atoms with Gasteiger partial charge in [0.15, 0.2) is 0 Å². The highest BCUT2D eigenvalue weighted by atomic mass is 19.1. The second kappa shape index (κ2) is 5.17. The van der Waals surface area contributed by atoms with Crippen LogP contribution in [-0.4, -0.2) is 12.6 Å². The Balaban J connectivity index is 2.89. The summed E-state index contributed by atoms with van der Waals surface area (Å²) in [6.45, 7) is 1.92. The molecule has 14 heavy (non-hydrogen) atoms. The van der Waals surface area contributed by atoms with Gasteiger partial charge >= 0.3 is 5.97 Å². The van der Waals surface area contributed by atoms with Gasteiger partial charge < -0.3 is 4.74 Å². The molecule has 0 saturated carbocycles. The minimum atomic E-state index is -0.638. The second-order valence-corrected chi connectivity index (χ2v) is 2.61. The van der Waals surface area contributed by atoms with Crippen LogP contribution in [0.3, 0.4) is 0 Å². The van der Waals surface area contributed by atoms with E-state index >= 15 is 0 Å². The van der Waals surface area contributed by atoms with E-state index < -0.39 is 5.97 Å². The molecule has 74 valence electrons. The first-order valence-corrected chi connectivity index (χ1v) is 4.32. The summed E-state index contributed by atoms with van der Waals surface area (Å²) in [5.74, 6) is -0.638. The number of carbonyl (C=O) groups is 1. The summed E-state index contributed by atoms with van der Waals surface area (Å²) >= 11 is 0. The van der Waals surface area contributed by atoms with Gasteiger partial charge in [-0.05, 0) is 12.5 Å². The Morgan fingerprint density at radius 3 is 2.57 bits per heavy atom. The van der Waals surface area contributed by atoms with Gasteiger partial charge in [-0.2, -0.15) is 0 Å². The number of ether oxygens (including phenoxy) is 1. The third-order valence-corrected chi connectivity index (χ3v) is 1.69. The van der Waals surface area contributed by atoms with Crippen molar-refractivity contribution in [1.82, 2.24) is 0 Å². The highest BCUT2D eigenvalue weighted by Gasteiger charge is 2.12. The average Bonchev–Trinajstić information content (AvgIpc) is 2.21. The zero-order valence-corrected chi connectivity index (χ0v) is 7.87. The molecule has 0 unspecified atom stereocenters. The number of benzene rings is 1. The minimum Gasteiger partial charge on any atom is -0.462 e. The van der Waals surface area contributed by atoms with Gasteiger partial charge in [0.05, 0.1) is 12.2 Å². The monoisotopic (exact) mass is 194 g/mol. The molecule has 0 atom stereocenters. The molecule has 2 nitrogen and oxygen atoms in total. The van der Waals surface area contributed by atoms with Crippen molar-refractivity contribution >= 4 is 11.5 Å². The Morgan fingerprint density at radius 1 is 1.43 bits per heavy atom. The minimum absolute atomic E-state index is 0.0487. The van der Waals surface area contributed by atoms with E-state index in [-0.39, 0.29) is 18.5 Å². The van der Waals surface area contributed by atoms with Crippen molar-refractivity contribution in [2.75, 3.05) is 6.61 Å². The summed E-state index contributed by atoms with van der Waals surface area (Å²) in [5.41, 5.74) is 0.473. The van der Waals surface area contributed by atoms with Gasteiger partial charge in [0, 0.05) is 0 Å². The lowest BCUT2D eigenvalue weighted by Crippen LogP contribution is -2.06. The van der Waals surface area contributed by atoms with E-state index in [0.29, 0.717) is 5.56 Å². The van der Waals surface area contributed by atoms with Crippen molar-refractivity contribution in [3.8, 4) is 0 Å². The normalized spacial score (nSPS) is 11.1. The maximum atomic E-state index is 12.5. The zero-order valence-electron chi connectivity index (χ0n) is 7.87. The molecule has 0 aliphatic rings. The highest BCUT2D eigenvalue weighted by molar-refractivity contribution is 6.16. The SMILES string of the molecule is CCOC(=O)/C(=C/F)c1ccccc1. The molecular formula is C11H11FO2. The lowest BCUT2D eigenvalue weighted by molar-refractivity contribution is -0.136. The van der Waals surface area contributed by atoms with Crippen LogP contribution in [0.2, 0.25) is 0 Å². The molecule has 0 fully saturated rings. The lowest BCUT2D eigenvalue weighted by Gasteiger charge is -2.04. The van der Waals surface area contributed by atoms with E-state index in [0.717, 1.165) is 0 Å². The van der Waals surface area contributed by atoms with E-state index in [9.17, 15) is 9.18 Å². The van der Waals surface area contributed by atoms with Crippen LogP contribution in [0.4, 0.5) is 4.39 Å². The molecule has 1 aromatic rings. The first-order chi connectivity index (χ1) is 6.79. The van der Waals surface area contributed by atoms with Crippen molar-refractivity contribution in [2.24, 2.45) is 0 Å². The number of hydrogen-bond donors (Lipinski definition) is 0. The molecular weight excluding hydrogens is 183 g/mol. The third kappa shape index (κ3) is 2.42. The van der Waals surface area contributed by atoms with Gasteiger partial charge in [-0.3, -0.25) is 0 Å². The van der Waals surface area contributed by atoms with Gasteiger partial charge in [-0.15, -0.1) is 0 Å². The van der Waals surface area contributed by atoms with E-state index in [4.69, 9.17) is 4.74 Å². The molecule has 1 rings (SSSR count). The van der Waals surface area contributed by atoms with Crippen LogP contribution in [0.25, 0.3) is 5.57 Å². The second-order valence-electron chi connectivity index (χ2n) is 2.61. The maximum Gasteiger partial charge on any atom is 0.341 e. The van der Waals surface area contributed by atoms with Gasteiger partial charge in [0.2, 0.25) is 0 Å². The predicted octanol–water partition coefficient (Wildman–Crippen LogP) is 2.56. The Morgan fingerprint density at radius 2 is 2.07 bits per heavy atom. The van der Waals surface area contributed by atoms with Gasteiger partial charge in [-0.25, -0.2) is 9.18 Å². The fraction of sp³-hybridized carbons (Fsp3) is 0.182. The fourth-order valence-corrected chi connectivity index (χ4v) is 1.05. The summed E-state index contributed by atoms with van der Waals surface area (Å²) < 4.78 is 17.2. The van der Waals surface area contributed by atoms with E-state index in [2.05, 4.69) is 0 Å². The average molecular weight is 194 g/mol. The molecule has 0 aliphatic carbocycles. The van der Waals surface area contributed by atoms with Gasteiger partial charge in [-0.1, -0.05) is 30.3 Å². The first-order valence-electron chi connectivity index (χ1n) is 4.32. The number of halogens is 1. The Labute approximate surface area is 82.0 Å².